The summed E-state index contributed by atoms with van der Waals surface area (Å²) in [5, 5.41) is 1.70. The first kappa shape index (κ1) is 33.0. The maximum Gasteiger partial charge on any atom is 0.363 e. The van der Waals surface area contributed by atoms with Crippen LogP contribution in [0, 0.1) is 0 Å². The third-order valence-electron chi connectivity index (χ3n) is 8.40. The number of anilines is 2. The first-order chi connectivity index (χ1) is 23.6. The molecule has 0 amide bonds. The van der Waals surface area contributed by atoms with Gasteiger partial charge in [-0.2, -0.15) is 0 Å². The van der Waals surface area contributed by atoms with E-state index in [4.69, 9.17) is 13.9 Å². The number of ether oxygens (including phenoxy) is 2. The summed E-state index contributed by atoms with van der Waals surface area (Å²) in [6.07, 6.45) is 0. The molecule has 49 heavy (non-hydrogen) atoms. The van der Waals surface area contributed by atoms with Gasteiger partial charge in [0, 0.05) is 50.5 Å². The fraction of sp³-hybridized carbons (Fsp3) is 0.167. The van der Waals surface area contributed by atoms with Gasteiger partial charge in [-0.05, 0) is 41.8 Å². The first-order valence-corrected chi connectivity index (χ1v) is 16.1. The molecule has 0 spiro atoms. The molecule has 7 heteroatoms. The molecule has 0 unspecified atom stereocenters. The molecule has 0 aliphatic carbocycles. The lowest BCUT2D eigenvalue weighted by Crippen LogP contribution is -2.15. The molecule has 0 bridgehead atoms. The summed E-state index contributed by atoms with van der Waals surface area (Å²) in [5.74, 6) is -1.05. The molecule has 5 aromatic carbocycles. The van der Waals surface area contributed by atoms with Crippen molar-refractivity contribution in [3.05, 3.63) is 127 Å². The lowest BCUT2D eigenvalue weighted by atomic mass is 9.89. The Morgan fingerprint density at radius 3 is 1.59 bits per heavy atom. The van der Waals surface area contributed by atoms with E-state index in [1.165, 1.54) is 0 Å². The molecule has 0 atom stereocenters. The molecule has 0 radical (unpaired) electrons. The zero-order valence-electron chi connectivity index (χ0n) is 28.4. The van der Waals surface area contributed by atoms with Crippen molar-refractivity contribution in [2.75, 3.05) is 51.2 Å². The Labute approximate surface area is 286 Å². The van der Waals surface area contributed by atoms with Crippen molar-refractivity contribution in [1.29, 1.82) is 0 Å². The van der Waals surface area contributed by atoms with Gasteiger partial charge >= 0.3 is 23.1 Å². The molecule has 1 aromatic heterocycles. The summed E-state index contributed by atoms with van der Waals surface area (Å²) < 4.78 is 17.6. The van der Waals surface area contributed by atoms with Gasteiger partial charge in [-0.15, -0.1) is 0 Å². The number of benzene rings is 5. The molecule has 0 aliphatic rings. The Morgan fingerprint density at radius 1 is 0.633 bits per heavy atom. The highest BCUT2D eigenvalue weighted by atomic mass is 16.6. The summed E-state index contributed by atoms with van der Waals surface area (Å²) in [5.41, 5.74) is 9.75. The molecule has 0 aliphatic heterocycles. The molecule has 1 heterocycles. The minimum Gasteiger partial charge on any atom is -0.459 e. The van der Waals surface area contributed by atoms with E-state index in [1.807, 2.05) is 82.8 Å². The molecular formula is C42H39N2O5+. The van der Waals surface area contributed by atoms with Crippen LogP contribution in [-0.2, 0) is 14.3 Å². The van der Waals surface area contributed by atoms with E-state index in [9.17, 15) is 9.59 Å². The van der Waals surface area contributed by atoms with Crippen LogP contribution in [0.4, 0.5) is 11.4 Å². The molecule has 6 rings (SSSR count). The number of nitrogens with zero attached hydrogens (tertiary/aromatic N) is 2. The number of carbonyl (C=O) groups excluding carboxylic acids is 2. The van der Waals surface area contributed by atoms with Crippen LogP contribution < -0.4 is 9.80 Å². The van der Waals surface area contributed by atoms with Crippen molar-refractivity contribution in [2.24, 2.45) is 0 Å². The fourth-order valence-electron chi connectivity index (χ4n) is 6.04. The Balaban J connectivity index is 1.63. The van der Waals surface area contributed by atoms with Crippen molar-refractivity contribution in [2.45, 2.75) is 6.92 Å². The van der Waals surface area contributed by atoms with Gasteiger partial charge in [-0.1, -0.05) is 85.4 Å². The van der Waals surface area contributed by atoms with E-state index in [-0.39, 0.29) is 18.8 Å². The average molecular weight is 652 g/mol. The van der Waals surface area contributed by atoms with E-state index in [0.717, 1.165) is 50.0 Å². The summed E-state index contributed by atoms with van der Waals surface area (Å²) in [7, 11) is 8.07. The van der Waals surface area contributed by atoms with Crippen LogP contribution in [-0.4, -0.2) is 53.3 Å². The highest BCUT2D eigenvalue weighted by Gasteiger charge is 2.28. The van der Waals surface area contributed by atoms with Crippen molar-refractivity contribution < 1.29 is 23.5 Å². The van der Waals surface area contributed by atoms with Crippen molar-refractivity contribution in [1.82, 2.24) is 0 Å². The third-order valence-corrected chi connectivity index (χ3v) is 8.40. The number of carbonyl (C=O) groups is 2. The van der Waals surface area contributed by atoms with Crippen LogP contribution >= 0.6 is 0 Å². The van der Waals surface area contributed by atoms with E-state index < -0.39 is 11.9 Å². The second-order valence-electron chi connectivity index (χ2n) is 12.3. The average Bonchev–Trinajstić information content (AvgIpc) is 3.11. The van der Waals surface area contributed by atoms with E-state index in [0.29, 0.717) is 22.3 Å². The van der Waals surface area contributed by atoms with Crippen LogP contribution in [0.3, 0.4) is 0 Å². The van der Waals surface area contributed by atoms with Crippen molar-refractivity contribution >= 4 is 45.3 Å². The Morgan fingerprint density at radius 2 is 1.10 bits per heavy atom. The zero-order valence-corrected chi connectivity index (χ0v) is 28.4. The minimum absolute atomic E-state index is 0.0722. The SMILES string of the molecule is C=C(C)C(=O)OCCOC(=O)c1ccccc1-c1c2cc(-c3ccccc3)c(N(C)C)cc2[o+]c2cc(N(C)C)c(-c3ccccc3)cc12. The highest BCUT2D eigenvalue weighted by Crippen LogP contribution is 2.45. The second-order valence-corrected chi connectivity index (χ2v) is 12.3. The number of fused-ring (bicyclic) bond motifs is 2. The topological polar surface area (TPSA) is 70.4 Å². The number of esters is 2. The lowest BCUT2D eigenvalue weighted by molar-refractivity contribution is -0.140. The van der Waals surface area contributed by atoms with Crippen LogP contribution in [0.1, 0.15) is 17.3 Å². The number of rotatable bonds is 10. The molecule has 7 nitrogen and oxygen atoms in total. The minimum atomic E-state index is -0.528. The van der Waals surface area contributed by atoms with Crippen molar-refractivity contribution in [3.63, 3.8) is 0 Å². The molecule has 0 saturated heterocycles. The van der Waals surface area contributed by atoms with E-state index in [2.05, 4.69) is 64.9 Å². The highest BCUT2D eigenvalue weighted by molar-refractivity contribution is 6.15. The van der Waals surface area contributed by atoms with Gasteiger partial charge in [0.25, 0.3) is 0 Å². The largest absolute Gasteiger partial charge is 0.459 e. The van der Waals surface area contributed by atoms with Gasteiger partial charge in [-0.25, -0.2) is 14.0 Å². The molecular weight excluding hydrogens is 612 g/mol. The van der Waals surface area contributed by atoms with Crippen LogP contribution in [0.5, 0.6) is 0 Å². The van der Waals surface area contributed by atoms with Crippen LogP contribution in [0.15, 0.2) is 126 Å². The van der Waals surface area contributed by atoms with E-state index >= 15 is 0 Å². The monoisotopic (exact) mass is 651 g/mol. The summed E-state index contributed by atoms with van der Waals surface area (Å²) >= 11 is 0. The molecule has 0 saturated carbocycles. The number of hydrogen-bond donors (Lipinski definition) is 0. The Hall–Kier alpha value is -5.95. The predicted molar refractivity (Wildman–Crippen MR) is 199 cm³/mol. The maximum absolute atomic E-state index is 13.7. The smallest absolute Gasteiger partial charge is 0.363 e. The first-order valence-electron chi connectivity index (χ1n) is 16.1. The fourth-order valence-corrected chi connectivity index (χ4v) is 6.04. The van der Waals surface area contributed by atoms with Crippen LogP contribution in [0.25, 0.3) is 55.3 Å². The normalized spacial score (nSPS) is 11.0. The molecule has 6 aromatic rings. The molecule has 246 valence electrons. The summed E-state index contributed by atoms with van der Waals surface area (Å²) in [6, 6.07) is 36.4. The number of hydrogen-bond acceptors (Lipinski definition) is 6. The quantitative estimate of drug-likeness (QED) is 0.0481. The third kappa shape index (κ3) is 6.74. The van der Waals surface area contributed by atoms with Gasteiger partial charge < -0.3 is 19.3 Å². The van der Waals surface area contributed by atoms with Crippen LogP contribution in [0.2, 0.25) is 0 Å². The predicted octanol–water partition coefficient (Wildman–Crippen LogP) is 9.28. The standard InChI is InChI=1S/C42H39N2O5/c1-27(2)41(45)47-21-22-48-42(46)31-20-14-13-19-30(31)40-34-23-32(28-15-9-7-10-16-28)36(43(3)4)25-38(34)49-39-26-37(44(5)6)33(24-35(39)40)29-17-11-8-12-18-29/h7-20,23-26H,1,21-22H2,2-6H3/q+1. The van der Waals surface area contributed by atoms with Gasteiger partial charge in [0.15, 0.2) is 0 Å². The molecule has 0 N–H and O–H groups in total. The molecule has 0 fully saturated rings. The van der Waals surface area contributed by atoms with Gasteiger partial charge in [0.2, 0.25) is 0 Å². The van der Waals surface area contributed by atoms with Gasteiger partial charge in [0.05, 0.1) is 39.8 Å². The lowest BCUT2D eigenvalue weighted by Gasteiger charge is -2.20. The Bertz CT molecular complexity index is 2080. The van der Waals surface area contributed by atoms with Gasteiger partial charge in [0.1, 0.15) is 13.2 Å². The zero-order chi connectivity index (χ0) is 34.7. The van der Waals surface area contributed by atoms with Crippen molar-refractivity contribution in [3.8, 4) is 33.4 Å². The Kier molecular flexibility index (Phi) is 9.44. The van der Waals surface area contributed by atoms with E-state index in [1.54, 1.807) is 13.0 Å². The second kappa shape index (κ2) is 14.0. The van der Waals surface area contributed by atoms with Gasteiger partial charge in [-0.3, -0.25) is 0 Å². The summed E-state index contributed by atoms with van der Waals surface area (Å²) in [4.78, 5) is 29.8. The maximum atomic E-state index is 13.7. The summed E-state index contributed by atoms with van der Waals surface area (Å²) in [6.45, 7) is 5.00.